The highest BCUT2D eigenvalue weighted by Gasteiger charge is 2.28. The third-order valence-corrected chi connectivity index (χ3v) is 5.11. The second-order valence-electron chi connectivity index (χ2n) is 7.26. The standard InChI is InChI=1S/C24H26N2O6/c1-2-12-26(14-23(28)29)22(27)16-31-13-11-25-24(30)32-15-21-19-9-5-3-7-17(19)18-8-4-6-10-20(18)21/h2-10,21H,1,11-16H2,(H,25,30)(H,28,29). The lowest BCUT2D eigenvalue weighted by Gasteiger charge is -2.18. The van der Waals surface area contributed by atoms with E-state index >= 15 is 0 Å². The van der Waals surface area contributed by atoms with E-state index in [1.54, 1.807) is 0 Å². The molecular formula is C24H26N2O6. The molecule has 0 aliphatic heterocycles. The molecule has 0 fully saturated rings. The largest absolute Gasteiger partial charge is 0.480 e. The molecule has 0 bridgehead atoms. The van der Waals surface area contributed by atoms with Crippen molar-refractivity contribution in [3.05, 3.63) is 72.3 Å². The fourth-order valence-electron chi connectivity index (χ4n) is 3.70. The number of benzene rings is 2. The van der Waals surface area contributed by atoms with Gasteiger partial charge in [0.05, 0.1) is 6.61 Å². The van der Waals surface area contributed by atoms with Crippen molar-refractivity contribution in [3.8, 4) is 11.1 Å². The van der Waals surface area contributed by atoms with E-state index in [0.717, 1.165) is 27.2 Å². The molecule has 2 N–H and O–H groups in total. The van der Waals surface area contributed by atoms with Gasteiger partial charge in [0.15, 0.2) is 0 Å². The van der Waals surface area contributed by atoms with Gasteiger partial charge in [0, 0.05) is 19.0 Å². The fraction of sp³-hybridized carbons (Fsp3) is 0.292. The first-order valence-corrected chi connectivity index (χ1v) is 10.3. The predicted molar refractivity (Wildman–Crippen MR) is 118 cm³/mol. The van der Waals surface area contributed by atoms with E-state index in [1.165, 1.54) is 6.08 Å². The number of nitrogens with zero attached hydrogens (tertiary/aromatic N) is 1. The second-order valence-corrected chi connectivity index (χ2v) is 7.26. The summed E-state index contributed by atoms with van der Waals surface area (Å²) < 4.78 is 10.7. The summed E-state index contributed by atoms with van der Waals surface area (Å²) in [5.41, 5.74) is 4.58. The molecule has 0 saturated heterocycles. The highest BCUT2D eigenvalue weighted by molar-refractivity contribution is 5.82. The Morgan fingerprint density at radius 3 is 2.28 bits per heavy atom. The lowest BCUT2D eigenvalue weighted by atomic mass is 9.98. The molecular weight excluding hydrogens is 412 g/mol. The normalized spacial score (nSPS) is 11.9. The van der Waals surface area contributed by atoms with Crippen LogP contribution in [0.4, 0.5) is 4.79 Å². The molecule has 2 aromatic rings. The highest BCUT2D eigenvalue weighted by atomic mass is 16.5. The molecule has 0 unspecified atom stereocenters. The van der Waals surface area contributed by atoms with Crippen LogP contribution in [0.25, 0.3) is 11.1 Å². The number of hydrogen-bond acceptors (Lipinski definition) is 5. The van der Waals surface area contributed by atoms with Crippen molar-refractivity contribution >= 4 is 18.0 Å². The maximum absolute atomic E-state index is 12.1. The lowest BCUT2D eigenvalue weighted by molar-refractivity contribution is -0.146. The number of carbonyl (C=O) groups excluding carboxylic acids is 2. The van der Waals surface area contributed by atoms with Crippen LogP contribution >= 0.6 is 0 Å². The molecule has 0 aromatic heterocycles. The number of fused-ring (bicyclic) bond motifs is 3. The number of ether oxygens (including phenoxy) is 2. The van der Waals surface area contributed by atoms with E-state index in [1.807, 2.05) is 36.4 Å². The summed E-state index contributed by atoms with van der Waals surface area (Å²) in [5, 5.41) is 11.4. The minimum Gasteiger partial charge on any atom is -0.480 e. The van der Waals surface area contributed by atoms with E-state index in [4.69, 9.17) is 14.6 Å². The number of carboxylic acid groups (broad SMARTS) is 1. The minimum absolute atomic E-state index is 0.0212. The quantitative estimate of drug-likeness (QED) is 0.413. The van der Waals surface area contributed by atoms with Gasteiger partial charge in [-0.2, -0.15) is 0 Å². The SMILES string of the molecule is C=CCN(CC(=O)O)C(=O)COCCNC(=O)OCC1c2ccccc2-c2ccccc21. The minimum atomic E-state index is -1.11. The van der Waals surface area contributed by atoms with Crippen LogP contribution in [0.1, 0.15) is 17.0 Å². The van der Waals surface area contributed by atoms with Crippen LogP contribution in [0.2, 0.25) is 0 Å². The summed E-state index contributed by atoms with van der Waals surface area (Å²) >= 11 is 0. The summed E-state index contributed by atoms with van der Waals surface area (Å²) in [6.07, 6.45) is 0.875. The first kappa shape index (κ1) is 23.0. The third kappa shape index (κ3) is 5.73. The molecule has 0 atom stereocenters. The van der Waals surface area contributed by atoms with Gasteiger partial charge in [-0.05, 0) is 22.3 Å². The Morgan fingerprint density at radius 1 is 1.06 bits per heavy atom. The van der Waals surface area contributed by atoms with Crippen LogP contribution in [0.5, 0.6) is 0 Å². The first-order valence-electron chi connectivity index (χ1n) is 10.3. The van der Waals surface area contributed by atoms with Crippen LogP contribution in [0, 0.1) is 0 Å². The molecule has 0 saturated carbocycles. The van der Waals surface area contributed by atoms with Crippen molar-refractivity contribution in [3.63, 3.8) is 0 Å². The van der Waals surface area contributed by atoms with Crippen LogP contribution in [-0.4, -0.2) is 67.4 Å². The summed E-state index contributed by atoms with van der Waals surface area (Å²) in [7, 11) is 0. The van der Waals surface area contributed by atoms with Gasteiger partial charge in [-0.15, -0.1) is 6.58 Å². The first-order chi connectivity index (χ1) is 15.5. The number of hydrogen-bond donors (Lipinski definition) is 2. The Hall–Kier alpha value is -3.65. The summed E-state index contributed by atoms with van der Waals surface area (Å²) in [6.45, 7) is 3.37. The van der Waals surface area contributed by atoms with Gasteiger partial charge in [-0.3, -0.25) is 9.59 Å². The van der Waals surface area contributed by atoms with Crippen molar-refractivity contribution in [2.75, 3.05) is 39.5 Å². The molecule has 0 heterocycles. The number of rotatable bonds is 11. The maximum atomic E-state index is 12.1. The van der Waals surface area contributed by atoms with Crippen molar-refractivity contribution in [2.45, 2.75) is 5.92 Å². The highest BCUT2D eigenvalue weighted by Crippen LogP contribution is 2.44. The van der Waals surface area contributed by atoms with Crippen molar-refractivity contribution in [1.82, 2.24) is 10.2 Å². The zero-order valence-corrected chi connectivity index (χ0v) is 17.7. The van der Waals surface area contributed by atoms with E-state index in [9.17, 15) is 14.4 Å². The number of carbonyl (C=O) groups is 3. The molecule has 8 nitrogen and oxygen atoms in total. The van der Waals surface area contributed by atoms with Crippen molar-refractivity contribution in [2.24, 2.45) is 0 Å². The fourth-order valence-corrected chi connectivity index (χ4v) is 3.70. The van der Waals surface area contributed by atoms with Gasteiger partial charge in [-0.25, -0.2) is 4.79 Å². The molecule has 0 radical (unpaired) electrons. The van der Waals surface area contributed by atoms with Crippen LogP contribution < -0.4 is 5.32 Å². The average molecular weight is 438 g/mol. The molecule has 2 aromatic carbocycles. The number of alkyl carbamates (subject to hydrolysis) is 1. The summed E-state index contributed by atoms with van der Waals surface area (Å²) in [4.78, 5) is 36.0. The molecule has 0 spiro atoms. The van der Waals surface area contributed by atoms with E-state index in [2.05, 4.69) is 24.0 Å². The van der Waals surface area contributed by atoms with Crippen molar-refractivity contribution in [1.29, 1.82) is 0 Å². The van der Waals surface area contributed by atoms with Crippen LogP contribution in [0.3, 0.4) is 0 Å². The molecule has 168 valence electrons. The number of amides is 2. The summed E-state index contributed by atoms with van der Waals surface area (Å²) in [6, 6.07) is 16.2. The molecule has 1 aliphatic carbocycles. The topological polar surface area (TPSA) is 105 Å². The van der Waals surface area contributed by atoms with Gasteiger partial charge in [-0.1, -0.05) is 54.6 Å². The van der Waals surface area contributed by atoms with Crippen LogP contribution in [-0.2, 0) is 19.1 Å². The molecule has 2 amide bonds. The molecule has 1 aliphatic rings. The Morgan fingerprint density at radius 2 is 1.69 bits per heavy atom. The monoisotopic (exact) mass is 438 g/mol. The number of carboxylic acids is 1. The van der Waals surface area contributed by atoms with Gasteiger partial charge in [0.2, 0.25) is 5.91 Å². The maximum Gasteiger partial charge on any atom is 0.407 e. The smallest absolute Gasteiger partial charge is 0.407 e. The van der Waals surface area contributed by atoms with E-state index < -0.39 is 24.5 Å². The average Bonchev–Trinajstić information content (AvgIpc) is 3.10. The van der Waals surface area contributed by atoms with E-state index in [0.29, 0.717) is 0 Å². The second kappa shape index (κ2) is 11.1. The third-order valence-electron chi connectivity index (χ3n) is 5.11. The zero-order valence-electron chi connectivity index (χ0n) is 17.7. The van der Waals surface area contributed by atoms with Crippen LogP contribution in [0.15, 0.2) is 61.2 Å². The molecule has 32 heavy (non-hydrogen) atoms. The van der Waals surface area contributed by atoms with Gasteiger partial charge in [0.1, 0.15) is 19.8 Å². The Kier molecular flexibility index (Phi) is 7.99. The summed E-state index contributed by atoms with van der Waals surface area (Å²) in [5.74, 6) is -1.60. The van der Waals surface area contributed by atoms with E-state index in [-0.39, 0.29) is 38.8 Å². The van der Waals surface area contributed by atoms with Crippen molar-refractivity contribution < 1.29 is 29.0 Å². The Labute approximate surface area is 186 Å². The number of nitrogens with one attached hydrogen (secondary N) is 1. The molecule has 3 rings (SSSR count). The Balaban J connectivity index is 1.40. The zero-order chi connectivity index (χ0) is 22.9. The van der Waals surface area contributed by atoms with Gasteiger partial charge in [0.25, 0.3) is 0 Å². The predicted octanol–water partition coefficient (Wildman–Crippen LogP) is 2.64. The van der Waals surface area contributed by atoms with Gasteiger partial charge >= 0.3 is 12.1 Å². The number of aliphatic carboxylic acids is 1. The molecule has 8 heteroatoms. The lowest BCUT2D eigenvalue weighted by Crippen LogP contribution is -2.38. The van der Waals surface area contributed by atoms with Gasteiger partial charge < -0.3 is 24.8 Å². The Bertz CT molecular complexity index is 944.